The van der Waals surface area contributed by atoms with Crippen molar-refractivity contribution in [2.24, 2.45) is 0 Å². The van der Waals surface area contributed by atoms with Gasteiger partial charge in [0, 0.05) is 6.07 Å². The summed E-state index contributed by atoms with van der Waals surface area (Å²) in [5.74, 6) is 0. The van der Waals surface area contributed by atoms with E-state index in [-0.39, 0.29) is 5.69 Å². The predicted molar refractivity (Wildman–Crippen MR) is 41.8 cm³/mol. The Hall–Kier alpha value is -1.22. The van der Waals surface area contributed by atoms with Gasteiger partial charge in [-0.25, -0.2) is 4.79 Å². The van der Waals surface area contributed by atoms with E-state index in [9.17, 15) is 14.4 Å². The van der Waals surface area contributed by atoms with Gasteiger partial charge in [0.15, 0.2) is 6.29 Å². The first-order chi connectivity index (χ1) is 5.15. The number of aromatic amines is 1. The zero-order valence-corrected chi connectivity index (χ0v) is 6.56. The van der Waals surface area contributed by atoms with E-state index in [1.807, 2.05) is 14.4 Å². The van der Waals surface area contributed by atoms with Crippen LogP contribution in [0.5, 0.6) is 0 Å². The number of carbonyl (C=O) groups excluding carboxylic acids is 1. The maximum atomic E-state index is 10.7. The molecule has 0 aliphatic carbocycles. The lowest BCUT2D eigenvalue weighted by atomic mass is 10.4. The van der Waals surface area contributed by atoms with Gasteiger partial charge in [-0.15, -0.1) is 0 Å². The molecule has 6 heteroatoms. The number of H-pyrrole nitrogens is 1. The van der Waals surface area contributed by atoms with Gasteiger partial charge in [-0.05, 0) is 9.39 Å². The second-order valence-corrected chi connectivity index (χ2v) is 2.37. The minimum atomic E-state index is -0.621. The molecule has 1 aromatic rings. The van der Waals surface area contributed by atoms with Gasteiger partial charge in [0.2, 0.25) is 0 Å². The summed E-state index contributed by atoms with van der Waals surface area (Å²) in [5, 5.41) is 0. The third kappa shape index (κ3) is 1.43. The summed E-state index contributed by atoms with van der Waals surface area (Å²) in [4.78, 5) is 33.5. The van der Waals surface area contributed by atoms with E-state index in [1.165, 1.54) is 0 Å². The minimum Gasteiger partial charge on any atom is -0.296 e. The van der Waals surface area contributed by atoms with E-state index >= 15 is 0 Å². The number of hydrogen-bond acceptors (Lipinski definition) is 3. The van der Waals surface area contributed by atoms with Gasteiger partial charge >= 0.3 is 5.69 Å². The highest BCUT2D eigenvalue weighted by Crippen LogP contribution is 1.90. The normalized spacial score (nSPS) is 9.55. The number of aromatic nitrogens is 2. The zero-order chi connectivity index (χ0) is 8.43. The summed E-state index contributed by atoms with van der Waals surface area (Å²) in [6, 6.07) is 1.04. The molecule has 1 heterocycles. The third-order valence-corrected chi connectivity index (χ3v) is 1.66. The Morgan fingerprint density at radius 2 is 2.18 bits per heavy atom. The van der Waals surface area contributed by atoms with Crippen LogP contribution in [0.1, 0.15) is 10.5 Å². The number of nitrogens with zero attached hydrogens (tertiary/aromatic N) is 1. The van der Waals surface area contributed by atoms with Crippen LogP contribution in [0.3, 0.4) is 0 Å². The molecule has 1 N–H and O–H groups in total. The highest BCUT2D eigenvalue weighted by Gasteiger charge is 1.98. The maximum absolute atomic E-state index is 10.7. The van der Waals surface area contributed by atoms with Crippen LogP contribution in [0.15, 0.2) is 15.7 Å². The van der Waals surface area contributed by atoms with E-state index in [0.29, 0.717) is 6.29 Å². The van der Waals surface area contributed by atoms with Crippen LogP contribution in [0, 0.1) is 0 Å². The smallest absolute Gasteiger partial charge is 0.296 e. The van der Waals surface area contributed by atoms with Gasteiger partial charge in [-0.1, -0.05) is 0 Å². The Morgan fingerprint density at radius 3 is 2.73 bits per heavy atom. The topological polar surface area (TPSA) is 71.9 Å². The lowest BCUT2D eigenvalue weighted by Crippen LogP contribution is -2.27. The van der Waals surface area contributed by atoms with Gasteiger partial charge in [-0.2, -0.15) is 0 Å². The first-order valence-corrected chi connectivity index (χ1v) is 3.23. The first-order valence-electron chi connectivity index (χ1n) is 2.72. The molecule has 5 nitrogen and oxygen atoms in total. The summed E-state index contributed by atoms with van der Waals surface area (Å²) < 4.78 is 0.981. The largest absolute Gasteiger partial charge is 0.331 e. The van der Waals surface area contributed by atoms with Crippen LogP contribution in [0.25, 0.3) is 0 Å². The lowest BCUT2D eigenvalue weighted by Gasteiger charge is -1.96. The predicted octanol–water partition coefficient (Wildman–Crippen LogP) is -1.01. The molecule has 0 amide bonds. The average Bonchev–Trinajstić information content (AvgIpc) is 1.96. The average molecular weight is 172 g/mol. The monoisotopic (exact) mass is 172 g/mol. The molecule has 1 atom stereocenters. The van der Waals surface area contributed by atoms with Crippen molar-refractivity contribution in [1.29, 1.82) is 0 Å². The summed E-state index contributed by atoms with van der Waals surface area (Å²) >= 11 is 0. The Balaban J connectivity index is 3.61. The fourth-order valence-electron chi connectivity index (χ4n) is 0.614. The van der Waals surface area contributed by atoms with Crippen molar-refractivity contribution in [3.05, 3.63) is 32.6 Å². The highest BCUT2D eigenvalue weighted by atomic mass is 31.0. The van der Waals surface area contributed by atoms with Crippen LogP contribution in [0.2, 0.25) is 0 Å². The van der Waals surface area contributed by atoms with Gasteiger partial charge in [0.1, 0.15) is 0 Å². The Labute approximate surface area is 63.3 Å². The Kier molecular flexibility index (Phi) is 2.01. The standard InChI is InChI=1S/C5H5N2O3P/c8-2-3-1-4(9)6-5(10)7(3)11/h1-2H,11H2,(H,6,9,10). The van der Waals surface area contributed by atoms with Crippen LogP contribution in [-0.2, 0) is 0 Å². The van der Waals surface area contributed by atoms with Crippen LogP contribution >= 0.6 is 9.39 Å². The summed E-state index contributed by atoms with van der Waals surface area (Å²) in [5.41, 5.74) is -1.16. The van der Waals surface area contributed by atoms with Gasteiger partial charge in [0.25, 0.3) is 5.56 Å². The fraction of sp³-hybridized carbons (Fsp3) is 0. The van der Waals surface area contributed by atoms with Gasteiger partial charge in [0.05, 0.1) is 5.69 Å². The fourth-order valence-corrected chi connectivity index (χ4v) is 0.814. The number of nitrogens with one attached hydrogen (secondary N) is 1. The quantitative estimate of drug-likeness (QED) is 0.435. The third-order valence-electron chi connectivity index (χ3n) is 1.13. The number of rotatable bonds is 1. The van der Waals surface area contributed by atoms with E-state index in [0.717, 1.165) is 10.4 Å². The SMILES string of the molecule is O=Cc1cc(=O)[nH]c(=O)n1P. The molecule has 1 unspecified atom stereocenters. The first kappa shape index (κ1) is 7.88. The van der Waals surface area contributed by atoms with Gasteiger partial charge < -0.3 is 0 Å². The number of hydrogen-bond donors (Lipinski definition) is 1. The van der Waals surface area contributed by atoms with Crippen molar-refractivity contribution in [3.63, 3.8) is 0 Å². The molecule has 0 aromatic carbocycles. The Morgan fingerprint density at radius 1 is 1.55 bits per heavy atom. The zero-order valence-electron chi connectivity index (χ0n) is 5.40. The highest BCUT2D eigenvalue weighted by molar-refractivity contribution is 7.14. The van der Waals surface area contributed by atoms with Gasteiger partial charge in [-0.3, -0.25) is 18.9 Å². The Bertz CT molecular complexity index is 391. The lowest BCUT2D eigenvalue weighted by molar-refractivity contribution is 0.111. The molecule has 0 aliphatic heterocycles. The molecule has 0 spiro atoms. The van der Waals surface area contributed by atoms with Crippen molar-refractivity contribution in [1.82, 2.24) is 9.32 Å². The van der Waals surface area contributed by atoms with E-state index in [2.05, 4.69) is 0 Å². The molecule has 0 bridgehead atoms. The second-order valence-electron chi connectivity index (χ2n) is 1.85. The van der Waals surface area contributed by atoms with Crippen molar-refractivity contribution < 1.29 is 4.79 Å². The number of carbonyl (C=O) groups is 1. The van der Waals surface area contributed by atoms with Crippen molar-refractivity contribution in [3.8, 4) is 0 Å². The maximum Gasteiger partial charge on any atom is 0.331 e. The molecule has 1 aromatic heterocycles. The number of aldehydes is 1. The van der Waals surface area contributed by atoms with E-state index in [1.54, 1.807) is 0 Å². The molecule has 0 saturated carbocycles. The van der Waals surface area contributed by atoms with Crippen molar-refractivity contribution in [2.45, 2.75) is 0 Å². The van der Waals surface area contributed by atoms with Crippen molar-refractivity contribution >= 4 is 15.7 Å². The summed E-state index contributed by atoms with van der Waals surface area (Å²) in [7, 11) is 2.01. The van der Waals surface area contributed by atoms with Crippen molar-refractivity contribution in [2.75, 3.05) is 0 Å². The molecule has 58 valence electrons. The summed E-state index contributed by atoms with van der Waals surface area (Å²) in [6.07, 6.45) is 0.434. The van der Waals surface area contributed by atoms with E-state index in [4.69, 9.17) is 0 Å². The molecule has 0 saturated heterocycles. The second kappa shape index (κ2) is 2.80. The molecule has 0 radical (unpaired) electrons. The molecular formula is C5H5N2O3P. The minimum absolute atomic E-state index is 0.0313. The molecular weight excluding hydrogens is 167 g/mol. The molecule has 1 rings (SSSR count). The van der Waals surface area contributed by atoms with Crippen LogP contribution < -0.4 is 11.2 Å². The summed E-state index contributed by atoms with van der Waals surface area (Å²) in [6.45, 7) is 0. The van der Waals surface area contributed by atoms with E-state index < -0.39 is 11.2 Å². The molecule has 0 aliphatic rings. The van der Waals surface area contributed by atoms with Crippen LogP contribution in [-0.4, -0.2) is 15.6 Å². The molecule has 0 fully saturated rings. The van der Waals surface area contributed by atoms with Crippen LogP contribution in [0.4, 0.5) is 0 Å². The molecule has 11 heavy (non-hydrogen) atoms.